The van der Waals surface area contributed by atoms with Crippen molar-refractivity contribution in [2.45, 2.75) is 0 Å². The number of benzene rings is 1. The maximum absolute atomic E-state index is 5.34. The second-order valence-electron chi connectivity index (χ2n) is 3.96. The number of hydrogen-bond donors (Lipinski definition) is 2. The monoisotopic (exact) mass is 302 g/mol. The molecule has 5 heteroatoms. The van der Waals surface area contributed by atoms with E-state index in [1.807, 2.05) is 53.2 Å². The molecule has 18 heavy (non-hydrogen) atoms. The van der Waals surface area contributed by atoms with Crippen LogP contribution in [0.5, 0.6) is 0 Å². The lowest BCUT2D eigenvalue weighted by atomic mass is 10.1. The molecule has 0 unspecified atom stereocenters. The molecule has 3 N–H and O–H groups in total. The third-order valence-electron chi connectivity index (χ3n) is 2.76. The van der Waals surface area contributed by atoms with Crippen molar-refractivity contribution in [1.82, 2.24) is 9.38 Å². The van der Waals surface area contributed by atoms with Gasteiger partial charge >= 0.3 is 0 Å². The lowest BCUT2D eigenvalue weighted by Gasteiger charge is -2.00. The SMILES string of the molecule is NNc1ccc(-c2cn3cc(Br)ccc3n2)cc1. The summed E-state index contributed by atoms with van der Waals surface area (Å²) in [5.74, 6) is 5.34. The van der Waals surface area contributed by atoms with Gasteiger partial charge in [0.15, 0.2) is 0 Å². The smallest absolute Gasteiger partial charge is 0.137 e. The molecule has 0 saturated carbocycles. The molecule has 0 amide bonds. The van der Waals surface area contributed by atoms with Crippen molar-refractivity contribution in [3.8, 4) is 11.3 Å². The zero-order valence-electron chi connectivity index (χ0n) is 9.47. The number of nitrogens with zero attached hydrogens (tertiary/aromatic N) is 2. The van der Waals surface area contributed by atoms with Crippen LogP contribution in [0.2, 0.25) is 0 Å². The van der Waals surface area contributed by atoms with Gasteiger partial charge in [0.25, 0.3) is 0 Å². The predicted octanol–water partition coefficient (Wildman–Crippen LogP) is 3.05. The molecule has 1 aromatic carbocycles. The number of imidazole rings is 1. The molecule has 4 nitrogen and oxygen atoms in total. The van der Waals surface area contributed by atoms with Crippen LogP contribution in [0.4, 0.5) is 5.69 Å². The van der Waals surface area contributed by atoms with Gasteiger partial charge in [-0.1, -0.05) is 12.1 Å². The third kappa shape index (κ3) is 1.98. The molecule has 0 bridgehead atoms. The fourth-order valence-electron chi connectivity index (χ4n) is 1.84. The fourth-order valence-corrected chi connectivity index (χ4v) is 2.19. The molecule has 0 saturated heterocycles. The summed E-state index contributed by atoms with van der Waals surface area (Å²) in [4.78, 5) is 4.57. The summed E-state index contributed by atoms with van der Waals surface area (Å²) < 4.78 is 3.02. The second kappa shape index (κ2) is 4.44. The van der Waals surface area contributed by atoms with Crippen molar-refractivity contribution in [1.29, 1.82) is 0 Å². The van der Waals surface area contributed by atoms with Crippen molar-refractivity contribution in [2.75, 3.05) is 5.43 Å². The molecular weight excluding hydrogens is 292 g/mol. The van der Waals surface area contributed by atoms with Gasteiger partial charge in [-0.05, 0) is 40.2 Å². The van der Waals surface area contributed by atoms with E-state index < -0.39 is 0 Å². The summed E-state index contributed by atoms with van der Waals surface area (Å²) in [5, 5.41) is 0. The third-order valence-corrected chi connectivity index (χ3v) is 3.23. The van der Waals surface area contributed by atoms with E-state index in [9.17, 15) is 0 Å². The Morgan fingerprint density at radius 1 is 1.06 bits per heavy atom. The van der Waals surface area contributed by atoms with Crippen LogP contribution in [0.1, 0.15) is 0 Å². The van der Waals surface area contributed by atoms with Gasteiger partial charge in [-0.15, -0.1) is 0 Å². The highest BCUT2D eigenvalue weighted by molar-refractivity contribution is 9.10. The minimum Gasteiger partial charge on any atom is -0.324 e. The van der Waals surface area contributed by atoms with Crippen LogP contribution in [-0.2, 0) is 0 Å². The van der Waals surface area contributed by atoms with E-state index >= 15 is 0 Å². The first-order valence-electron chi connectivity index (χ1n) is 5.47. The van der Waals surface area contributed by atoms with E-state index in [-0.39, 0.29) is 0 Å². The van der Waals surface area contributed by atoms with E-state index in [0.29, 0.717) is 0 Å². The fraction of sp³-hybridized carbons (Fsp3) is 0. The number of pyridine rings is 1. The Labute approximate surface area is 113 Å². The van der Waals surface area contributed by atoms with Gasteiger partial charge < -0.3 is 9.83 Å². The Balaban J connectivity index is 2.07. The van der Waals surface area contributed by atoms with Crippen LogP contribution in [0, 0.1) is 0 Å². The van der Waals surface area contributed by atoms with Gasteiger partial charge in [0.05, 0.1) is 5.69 Å². The number of hydrogen-bond acceptors (Lipinski definition) is 3. The Morgan fingerprint density at radius 2 is 1.83 bits per heavy atom. The number of halogens is 1. The Morgan fingerprint density at radius 3 is 2.56 bits per heavy atom. The summed E-state index contributed by atoms with van der Waals surface area (Å²) in [6, 6.07) is 11.8. The average molecular weight is 303 g/mol. The molecule has 2 aromatic heterocycles. The van der Waals surface area contributed by atoms with Gasteiger partial charge in [-0.2, -0.15) is 0 Å². The zero-order chi connectivity index (χ0) is 12.5. The Hall–Kier alpha value is -1.85. The molecule has 2 heterocycles. The van der Waals surface area contributed by atoms with E-state index in [2.05, 4.69) is 26.3 Å². The second-order valence-corrected chi connectivity index (χ2v) is 4.88. The van der Waals surface area contributed by atoms with Crippen molar-refractivity contribution in [3.05, 3.63) is 53.3 Å². The number of nitrogens with one attached hydrogen (secondary N) is 1. The highest BCUT2D eigenvalue weighted by Gasteiger charge is 2.04. The first kappa shape index (κ1) is 11.3. The van der Waals surface area contributed by atoms with Gasteiger partial charge in [0, 0.05) is 28.1 Å². The van der Waals surface area contributed by atoms with Crippen LogP contribution < -0.4 is 11.3 Å². The highest BCUT2D eigenvalue weighted by atomic mass is 79.9. The molecule has 0 spiro atoms. The Kier molecular flexibility index (Phi) is 2.77. The van der Waals surface area contributed by atoms with Crippen LogP contribution in [0.25, 0.3) is 16.9 Å². The first-order chi connectivity index (χ1) is 8.76. The molecule has 0 aliphatic rings. The van der Waals surface area contributed by atoms with Crippen molar-refractivity contribution in [2.24, 2.45) is 5.84 Å². The molecule has 3 aromatic rings. The van der Waals surface area contributed by atoms with Crippen molar-refractivity contribution >= 4 is 27.3 Å². The number of nitrogens with two attached hydrogens (primary N) is 1. The van der Waals surface area contributed by atoms with Crippen LogP contribution >= 0.6 is 15.9 Å². The summed E-state index contributed by atoms with van der Waals surface area (Å²) in [6.45, 7) is 0. The van der Waals surface area contributed by atoms with Crippen LogP contribution in [-0.4, -0.2) is 9.38 Å². The number of anilines is 1. The zero-order valence-corrected chi connectivity index (χ0v) is 11.1. The summed E-state index contributed by atoms with van der Waals surface area (Å²) in [6.07, 6.45) is 3.99. The topological polar surface area (TPSA) is 55.3 Å². The minimum absolute atomic E-state index is 0.880. The number of nitrogen functional groups attached to an aromatic ring is 1. The maximum Gasteiger partial charge on any atom is 0.137 e. The summed E-state index contributed by atoms with van der Waals surface area (Å²) >= 11 is 3.45. The summed E-state index contributed by atoms with van der Waals surface area (Å²) in [7, 11) is 0. The molecule has 0 aliphatic carbocycles. The number of hydrazine groups is 1. The maximum atomic E-state index is 5.34. The van der Waals surface area contributed by atoms with Crippen LogP contribution in [0.15, 0.2) is 53.3 Å². The molecule has 0 radical (unpaired) electrons. The highest BCUT2D eigenvalue weighted by Crippen LogP contribution is 2.22. The average Bonchev–Trinajstić information content (AvgIpc) is 2.81. The largest absolute Gasteiger partial charge is 0.324 e. The summed E-state index contributed by atoms with van der Waals surface area (Å²) in [5.41, 5.74) is 6.42. The normalized spacial score (nSPS) is 10.8. The number of aromatic nitrogens is 2. The molecule has 0 aliphatic heterocycles. The van der Waals surface area contributed by atoms with Gasteiger partial charge in [0.1, 0.15) is 5.65 Å². The number of rotatable bonds is 2. The van der Waals surface area contributed by atoms with Crippen LogP contribution in [0.3, 0.4) is 0 Å². The lowest BCUT2D eigenvalue weighted by molar-refractivity contribution is 1.17. The molecule has 0 fully saturated rings. The first-order valence-corrected chi connectivity index (χ1v) is 6.27. The van der Waals surface area contributed by atoms with Crippen molar-refractivity contribution in [3.63, 3.8) is 0 Å². The van der Waals surface area contributed by atoms with E-state index in [4.69, 9.17) is 5.84 Å². The van der Waals surface area contributed by atoms with E-state index in [1.165, 1.54) is 0 Å². The standard InChI is InChI=1S/C13H11BrN4/c14-10-3-6-13-16-12(8-18(13)7-10)9-1-4-11(17-15)5-2-9/h1-8,17H,15H2. The predicted molar refractivity (Wildman–Crippen MR) is 76.1 cm³/mol. The van der Waals surface area contributed by atoms with E-state index in [0.717, 1.165) is 27.1 Å². The lowest BCUT2D eigenvalue weighted by Crippen LogP contribution is -2.05. The van der Waals surface area contributed by atoms with E-state index in [1.54, 1.807) is 0 Å². The van der Waals surface area contributed by atoms with Gasteiger partial charge in [-0.3, -0.25) is 5.84 Å². The molecule has 90 valence electrons. The molecule has 0 atom stereocenters. The minimum atomic E-state index is 0.880. The van der Waals surface area contributed by atoms with Gasteiger partial charge in [0.2, 0.25) is 0 Å². The van der Waals surface area contributed by atoms with Crippen molar-refractivity contribution < 1.29 is 0 Å². The number of fused-ring (bicyclic) bond motifs is 1. The molecular formula is C13H11BrN4. The van der Waals surface area contributed by atoms with Gasteiger partial charge in [-0.25, -0.2) is 4.98 Å². The molecule has 3 rings (SSSR count). The quantitative estimate of drug-likeness (QED) is 0.565. The Bertz CT molecular complexity index is 688.